The van der Waals surface area contributed by atoms with E-state index >= 15 is 0 Å². The lowest BCUT2D eigenvalue weighted by Gasteiger charge is -2.10. The maximum absolute atomic E-state index is 12.8. The quantitative estimate of drug-likeness (QED) is 0.516. The van der Waals surface area contributed by atoms with Crippen LogP contribution >= 0.6 is 11.3 Å². The van der Waals surface area contributed by atoms with Crippen molar-refractivity contribution in [2.75, 3.05) is 20.3 Å². The van der Waals surface area contributed by atoms with Crippen molar-refractivity contribution >= 4 is 17.2 Å². The number of nitrogens with zero attached hydrogens (tertiary/aromatic N) is 1. The number of carbonyl (C=O) groups excluding carboxylic acids is 1. The van der Waals surface area contributed by atoms with Crippen LogP contribution in [0.2, 0.25) is 0 Å². The van der Waals surface area contributed by atoms with Crippen LogP contribution in [0.5, 0.6) is 5.75 Å². The van der Waals surface area contributed by atoms with E-state index in [0.29, 0.717) is 35.2 Å². The van der Waals surface area contributed by atoms with Crippen molar-refractivity contribution in [3.8, 4) is 16.3 Å². The smallest absolute Gasteiger partial charge is 0.416 e. The molecule has 0 saturated carbocycles. The van der Waals surface area contributed by atoms with Gasteiger partial charge < -0.3 is 14.8 Å². The summed E-state index contributed by atoms with van der Waals surface area (Å²) >= 11 is 1.34. The molecule has 5 nitrogen and oxygen atoms in total. The van der Waals surface area contributed by atoms with Gasteiger partial charge in [-0.05, 0) is 42.0 Å². The van der Waals surface area contributed by atoms with Gasteiger partial charge in [0.15, 0.2) is 0 Å². The topological polar surface area (TPSA) is 60.5 Å². The molecule has 3 aromatic rings. The first kappa shape index (κ1) is 21.8. The molecule has 0 bridgehead atoms. The average molecular weight is 436 g/mol. The second kappa shape index (κ2) is 9.73. The Hall–Kier alpha value is -2.91. The first-order valence-corrected chi connectivity index (χ1v) is 9.87. The van der Waals surface area contributed by atoms with Crippen LogP contribution in [-0.2, 0) is 17.5 Å². The zero-order valence-corrected chi connectivity index (χ0v) is 16.8. The van der Waals surface area contributed by atoms with E-state index in [4.69, 9.17) is 9.47 Å². The number of methoxy groups -OCH3 is 1. The van der Waals surface area contributed by atoms with E-state index in [1.165, 1.54) is 17.4 Å². The minimum Gasteiger partial charge on any atom is -0.489 e. The van der Waals surface area contributed by atoms with Crippen LogP contribution in [-0.4, -0.2) is 31.2 Å². The number of halogens is 3. The number of carbonyl (C=O) groups is 1. The lowest BCUT2D eigenvalue weighted by atomic mass is 10.1. The van der Waals surface area contributed by atoms with Crippen molar-refractivity contribution in [2.24, 2.45) is 0 Å². The number of benzene rings is 2. The van der Waals surface area contributed by atoms with E-state index in [-0.39, 0.29) is 12.5 Å². The lowest BCUT2D eigenvalue weighted by molar-refractivity contribution is -0.137. The molecule has 0 atom stereocenters. The number of nitrogens with one attached hydrogen (secondary N) is 1. The zero-order chi connectivity index (χ0) is 21.6. The molecule has 1 amide bonds. The molecule has 0 aliphatic heterocycles. The van der Waals surface area contributed by atoms with Crippen LogP contribution in [0.15, 0.2) is 53.9 Å². The van der Waals surface area contributed by atoms with E-state index in [0.717, 1.165) is 17.7 Å². The fourth-order valence-electron chi connectivity index (χ4n) is 2.57. The third-order valence-electron chi connectivity index (χ3n) is 4.09. The van der Waals surface area contributed by atoms with E-state index in [1.807, 2.05) is 0 Å². The number of hydrogen-bond acceptors (Lipinski definition) is 5. The first-order valence-electron chi connectivity index (χ1n) is 8.99. The highest BCUT2D eigenvalue weighted by molar-refractivity contribution is 7.13. The molecule has 0 saturated heterocycles. The predicted octanol–water partition coefficient (Wildman–Crippen LogP) is 4.78. The molecular weight excluding hydrogens is 417 g/mol. The number of alkyl halides is 3. The van der Waals surface area contributed by atoms with Gasteiger partial charge >= 0.3 is 6.18 Å². The number of hydrogen-bond donors (Lipinski definition) is 1. The van der Waals surface area contributed by atoms with E-state index in [9.17, 15) is 18.0 Å². The van der Waals surface area contributed by atoms with Gasteiger partial charge in [-0.3, -0.25) is 4.79 Å². The summed E-state index contributed by atoms with van der Waals surface area (Å²) in [5, 5.41) is 5.06. The molecule has 0 fully saturated rings. The summed E-state index contributed by atoms with van der Waals surface area (Å²) in [4.78, 5) is 16.3. The highest BCUT2D eigenvalue weighted by Crippen LogP contribution is 2.30. The Kier molecular flexibility index (Phi) is 7.07. The second-order valence-electron chi connectivity index (χ2n) is 6.30. The summed E-state index contributed by atoms with van der Waals surface area (Å²) in [5.41, 5.74) is 0.862. The predicted molar refractivity (Wildman–Crippen MR) is 108 cm³/mol. The lowest BCUT2D eigenvalue weighted by Crippen LogP contribution is -2.27. The number of amides is 1. The van der Waals surface area contributed by atoms with E-state index in [1.54, 1.807) is 42.8 Å². The Morgan fingerprint density at radius 3 is 2.63 bits per heavy atom. The van der Waals surface area contributed by atoms with Gasteiger partial charge in [0.25, 0.3) is 5.91 Å². The Bertz CT molecular complexity index is 988. The molecule has 0 aliphatic carbocycles. The van der Waals surface area contributed by atoms with Crippen LogP contribution < -0.4 is 10.1 Å². The van der Waals surface area contributed by atoms with Gasteiger partial charge in [0, 0.05) is 24.6 Å². The summed E-state index contributed by atoms with van der Waals surface area (Å²) in [6.45, 7) is 0.844. The zero-order valence-electron chi connectivity index (χ0n) is 16.0. The van der Waals surface area contributed by atoms with Crippen molar-refractivity contribution in [3.05, 3.63) is 70.7 Å². The first-order chi connectivity index (χ1) is 14.4. The molecule has 0 unspecified atom stereocenters. The maximum Gasteiger partial charge on any atom is 0.416 e. The molecule has 9 heteroatoms. The number of rotatable bonds is 8. The van der Waals surface area contributed by atoms with Gasteiger partial charge in [-0.25, -0.2) is 4.98 Å². The monoisotopic (exact) mass is 436 g/mol. The average Bonchev–Trinajstić information content (AvgIpc) is 3.23. The SMILES string of the molecule is COCCNC(=O)c1csc(-c2ccc(OCc3cccc(C(F)(F)F)c3)cc2)n1. The summed E-state index contributed by atoms with van der Waals surface area (Å²) in [5.74, 6) is 0.251. The summed E-state index contributed by atoms with van der Waals surface area (Å²) in [6, 6.07) is 12.0. The van der Waals surface area contributed by atoms with Crippen molar-refractivity contribution in [3.63, 3.8) is 0 Å². The largest absolute Gasteiger partial charge is 0.489 e. The fraction of sp³-hybridized carbons (Fsp3) is 0.238. The molecule has 0 radical (unpaired) electrons. The van der Waals surface area contributed by atoms with Gasteiger partial charge in [0.1, 0.15) is 23.1 Å². The van der Waals surface area contributed by atoms with Gasteiger partial charge in [-0.15, -0.1) is 11.3 Å². The van der Waals surface area contributed by atoms with Crippen LogP contribution in [0.3, 0.4) is 0 Å². The Balaban J connectivity index is 1.60. The van der Waals surface area contributed by atoms with Gasteiger partial charge in [0.05, 0.1) is 12.2 Å². The number of thiazole rings is 1. The maximum atomic E-state index is 12.8. The second-order valence-corrected chi connectivity index (χ2v) is 7.16. The molecular formula is C21H19F3N2O3S. The van der Waals surface area contributed by atoms with E-state index < -0.39 is 11.7 Å². The third-order valence-corrected chi connectivity index (χ3v) is 4.98. The minimum atomic E-state index is -4.38. The molecule has 2 aromatic carbocycles. The van der Waals surface area contributed by atoms with Crippen LogP contribution in [0.1, 0.15) is 21.6 Å². The van der Waals surface area contributed by atoms with Crippen molar-refractivity contribution in [2.45, 2.75) is 12.8 Å². The standard InChI is InChI=1S/C21H19F3N2O3S/c1-28-10-9-25-19(27)18-13-30-20(26-18)15-5-7-17(8-6-15)29-12-14-3-2-4-16(11-14)21(22,23)24/h2-8,11,13H,9-10,12H2,1H3,(H,25,27). The van der Waals surface area contributed by atoms with Crippen molar-refractivity contribution < 1.29 is 27.4 Å². The molecule has 0 spiro atoms. The van der Waals surface area contributed by atoms with Crippen LogP contribution in [0, 0.1) is 0 Å². The summed E-state index contributed by atoms with van der Waals surface area (Å²) in [6.07, 6.45) is -4.38. The van der Waals surface area contributed by atoms with Crippen LogP contribution in [0.4, 0.5) is 13.2 Å². The molecule has 1 N–H and O–H groups in total. The third kappa shape index (κ3) is 5.80. The van der Waals surface area contributed by atoms with Gasteiger partial charge in [-0.2, -0.15) is 13.2 Å². The molecule has 158 valence electrons. The Morgan fingerprint density at radius 2 is 1.93 bits per heavy atom. The molecule has 1 aromatic heterocycles. The number of aromatic nitrogens is 1. The van der Waals surface area contributed by atoms with Gasteiger partial charge in [0.2, 0.25) is 0 Å². The van der Waals surface area contributed by atoms with Crippen molar-refractivity contribution in [1.82, 2.24) is 10.3 Å². The van der Waals surface area contributed by atoms with Gasteiger partial charge in [-0.1, -0.05) is 12.1 Å². The Morgan fingerprint density at radius 1 is 1.17 bits per heavy atom. The van der Waals surface area contributed by atoms with Crippen LogP contribution in [0.25, 0.3) is 10.6 Å². The fourth-order valence-corrected chi connectivity index (χ4v) is 3.37. The molecule has 3 rings (SSSR count). The minimum absolute atomic E-state index is 0.0202. The summed E-state index contributed by atoms with van der Waals surface area (Å²) in [7, 11) is 1.56. The molecule has 30 heavy (non-hydrogen) atoms. The highest BCUT2D eigenvalue weighted by Gasteiger charge is 2.30. The normalized spacial score (nSPS) is 11.3. The highest BCUT2D eigenvalue weighted by atomic mass is 32.1. The molecule has 0 aliphatic rings. The number of ether oxygens (including phenoxy) is 2. The summed E-state index contributed by atoms with van der Waals surface area (Å²) < 4.78 is 48.8. The van der Waals surface area contributed by atoms with Crippen molar-refractivity contribution in [1.29, 1.82) is 0 Å². The van der Waals surface area contributed by atoms with E-state index in [2.05, 4.69) is 10.3 Å². The molecule has 1 heterocycles. The Labute approximate surface area is 175 Å².